The van der Waals surface area contributed by atoms with Crippen molar-refractivity contribution in [2.75, 3.05) is 24.3 Å². The van der Waals surface area contributed by atoms with Gasteiger partial charge in [0, 0.05) is 6.04 Å². The molecule has 0 fully saturated rings. The minimum atomic E-state index is -0.114. The number of nitrogen functional groups attached to an aromatic ring is 1. The van der Waals surface area contributed by atoms with Crippen LogP contribution < -0.4 is 15.8 Å². The number of hydrogen-bond donors (Lipinski definition) is 3. The molecule has 0 amide bonds. The second-order valence-electron chi connectivity index (χ2n) is 3.10. The molecule has 0 aliphatic rings. The molecule has 0 aliphatic carbocycles. The van der Waals surface area contributed by atoms with Crippen LogP contribution in [0.5, 0.6) is 5.88 Å². The first kappa shape index (κ1) is 11.5. The van der Waals surface area contributed by atoms with Crippen LogP contribution in [0.1, 0.15) is 13.8 Å². The zero-order chi connectivity index (χ0) is 11.3. The molecule has 84 valence electrons. The Kier molecular flexibility index (Phi) is 4.11. The SMILES string of the molecule is CCOc1ncnc(NC(C)CO)c1N. The molecule has 15 heavy (non-hydrogen) atoms. The van der Waals surface area contributed by atoms with Crippen LogP contribution >= 0.6 is 0 Å². The number of rotatable bonds is 5. The summed E-state index contributed by atoms with van der Waals surface area (Å²) in [6.45, 7) is 4.18. The zero-order valence-corrected chi connectivity index (χ0v) is 8.90. The van der Waals surface area contributed by atoms with Crippen molar-refractivity contribution >= 4 is 11.5 Å². The lowest BCUT2D eigenvalue weighted by Crippen LogP contribution is -2.21. The third-order valence-electron chi connectivity index (χ3n) is 1.79. The molecule has 0 saturated carbocycles. The maximum absolute atomic E-state index is 8.88. The third kappa shape index (κ3) is 2.95. The molecule has 6 heteroatoms. The van der Waals surface area contributed by atoms with Gasteiger partial charge in [0.15, 0.2) is 5.82 Å². The summed E-state index contributed by atoms with van der Waals surface area (Å²) in [4.78, 5) is 7.87. The van der Waals surface area contributed by atoms with Crippen LogP contribution in [0.2, 0.25) is 0 Å². The predicted molar refractivity (Wildman–Crippen MR) is 57.8 cm³/mol. The van der Waals surface area contributed by atoms with E-state index in [1.165, 1.54) is 6.33 Å². The summed E-state index contributed by atoms with van der Waals surface area (Å²) in [5, 5.41) is 11.8. The van der Waals surface area contributed by atoms with Gasteiger partial charge in [-0.15, -0.1) is 0 Å². The highest BCUT2D eigenvalue weighted by molar-refractivity contribution is 5.66. The Bertz CT molecular complexity index is 319. The summed E-state index contributed by atoms with van der Waals surface area (Å²) in [6, 6.07) is -0.114. The molecule has 6 nitrogen and oxygen atoms in total. The van der Waals surface area contributed by atoms with Crippen LogP contribution in [-0.4, -0.2) is 34.3 Å². The second-order valence-corrected chi connectivity index (χ2v) is 3.10. The summed E-state index contributed by atoms with van der Waals surface area (Å²) in [6.07, 6.45) is 1.37. The molecule has 0 spiro atoms. The molecule has 1 rings (SSSR count). The Morgan fingerprint density at radius 3 is 2.93 bits per heavy atom. The molecule has 1 heterocycles. The van der Waals surface area contributed by atoms with Crippen molar-refractivity contribution in [2.24, 2.45) is 0 Å². The Morgan fingerprint density at radius 1 is 1.60 bits per heavy atom. The van der Waals surface area contributed by atoms with E-state index < -0.39 is 0 Å². The van der Waals surface area contributed by atoms with Gasteiger partial charge in [-0.2, -0.15) is 4.98 Å². The molecule has 1 atom stereocenters. The van der Waals surface area contributed by atoms with Crippen LogP contribution in [0.15, 0.2) is 6.33 Å². The van der Waals surface area contributed by atoms with Crippen molar-refractivity contribution in [3.05, 3.63) is 6.33 Å². The number of nitrogens with two attached hydrogens (primary N) is 1. The summed E-state index contributed by atoms with van der Waals surface area (Å²) in [7, 11) is 0. The van der Waals surface area contributed by atoms with E-state index in [0.29, 0.717) is 24.0 Å². The Morgan fingerprint density at radius 2 is 2.33 bits per heavy atom. The van der Waals surface area contributed by atoms with Crippen molar-refractivity contribution in [1.29, 1.82) is 0 Å². The number of aliphatic hydroxyl groups excluding tert-OH is 1. The van der Waals surface area contributed by atoms with Gasteiger partial charge >= 0.3 is 0 Å². The van der Waals surface area contributed by atoms with Gasteiger partial charge in [-0.25, -0.2) is 4.98 Å². The van der Waals surface area contributed by atoms with Gasteiger partial charge in [0.05, 0.1) is 13.2 Å². The first-order valence-electron chi connectivity index (χ1n) is 4.79. The van der Waals surface area contributed by atoms with E-state index in [-0.39, 0.29) is 12.6 Å². The van der Waals surface area contributed by atoms with Gasteiger partial charge in [0.2, 0.25) is 5.88 Å². The quantitative estimate of drug-likeness (QED) is 0.647. The van der Waals surface area contributed by atoms with E-state index in [2.05, 4.69) is 15.3 Å². The largest absolute Gasteiger partial charge is 0.476 e. The highest BCUT2D eigenvalue weighted by atomic mass is 16.5. The van der Waals surface area contributed by atoms with E-state index in [1.54, 1.807) is 0 Å². The van der Waals surface area contributed by atoms with Crippen LogP contribution in [-0.2, 0) is 0 Å². The molecule has 1 aromatic rings. The maximum atomic E-state index is 8.88. The smallest absolute Gasteiger partial charge is 0.242 e. The van der Waals surface area contributed by atoms with E-state index in [9.17, 15) is 0 Å². The standard InChI is InChI=1S/C9H16N4O2/c1-3-15-9-7(10)8(11-5-12-9)13-6(2)4-14/h5-6,14H,3-4,10H2,1-2H3,(H,11,12,13). The minimum absolute atomic E-state index is 0.00735. The predicted octanol–water partition coefficient (Wildman–Crippen LogP) is 0.250. The van der Waals surface area contributed by atoms with E-state index in [0.717, 1.165) is 0 Å². The van der Waals surface area contributed by atoms with Gasteiger partial charge in [-0.3, -0.25) is 0 Å². The second kappa shape index (κ2) is 5.35. The summed E-state index contributed by atoms with van der Waals surface area (Å²) in [5.74, 6) is 0.843. The normalized spacial score (nSPS) is 12.2. The molecule has 4 N–H and O–H groups in total. The van der Waals surface area contributed by atoms with Crippen LogP contribution in [0.25, 0.3) is 0 Å². The molecule has 1 unspecified atom stereocenters. The van der Waals surface area contributed by atoms with Gasteiger partial charge in [0.25, 0.3) is 0 Å². The maximum Gasteiger partial charge on any atom is 0.242 e. The summed E-state index contributed by atoms with van der Waals surface area (Å²) in [5.41, 5.74) is 6.14. The fourth-order valence-corrected chi connectivity index (χ4v) is 1.03. The number of anilines is 2. The first-order valence-corrected chi connectivity index (χ1v) is 4.79. The van der Waals surface area contributed by atoms with Crippen LogP contribution in [0, 0.1) is 0 Å². The van der Waals surface area contributed by atoms with E-state index in [1.807, 2.05) is 13.8 Å². The number of hydrogen-bond acceptors (Lipinski definition) is 6. The van der Waals surface area contributed by atoms with Crippen LogP contribution in [0.4, 0.5) is 11.5 Å². The lowest BCUT2D eigenvalue weighted by atomic mass is 10.3. The number of aromatic nitrogens is 2. The van der Waals surface area contributed by atoms with Crippen molar-refractivity contribution in [3.63, 3.8) is 0 Å². The molecule has 0 radical (unpaired) electrons. The van der Waals surface area contributed by atoms with E-state index in [4.69, 9.17) is 15.6 Å². The fourth-order valence-electron chi connectivity index (χ4n) is 1.03. The van der Waals surface area contributed by atoms with Crippen LogP contribution in [0.3, 0.4) is 0 Å². The molecular formula is C9H16N4O2. The lowest BCUT2D eigenvalue weighted by Gasteiger charge is -2.14. The minimum Gasteiger partial charge on any atom is -0.476 e. The van der Waals surface area contributed by atoms with Crippen molar-refractivity contribution in [1.82, 2.24) is 9.97 Å². The Balaban J connectivity index is 2.84. The number of ether oxygens (including phenoxy) is 1. The molecule has 0 saturated heterocycles. The molecule has 0 aliphatic heterocycles. The molecule has 0 aromatic carbocycles. The number of nitrogens with one attached hydrogen (secondary N) is 1. The summed E-state index contributed by atoms with van der Waals surface area (Å²) >= 11 is 0. The first-order chi connectivity index (χ1) is 7.19. The van der Waals surface area contributed by atoms with Gasteiger partial charge in [-0.1, -0.05) is 0 Å². The van der Waals surface area contributed by atoms with Crippen molar-refractivity contribution in [2.45, 2.75) is 19.9 Å². The Labute approximate surface area is 88.5 Å². The Hall–Kier alpha value is -1.56. The molecular weight excluding hydrogens is 196 g/mol. The van der Waals surface area contributed by atoms with E-state index >= 15 is 0 Å². The monoisotopic (exact) mass is 212 g/mol. The van der Waals surface area contributed by atoms with Crippen molar-refractivity contribution < 1.29 is 9.84 Å². The topological polar surface area (TPSA) is 93.3 Å². The summed E-state index contributed by atoms with van der Waals surface area (Å²) < 4.78 is 5.21. The average Bonchev–Trinajstić information content (AvgIpc) is 2.24. The van der Waals surface area contributed by atoms with Gasteiger partial charge in [0.1, 0.15) is 12.0 Å². The van der Waals surface area contributed by atoms with Crippen molar-refractivity contribution in [3.8, 4) is 5.88 Å². The molecule has 1 aromatic heterocycles. The van der Waals surface area contributed by atoms with Gasteiger partial charge in [-0.05, 0) is 13.8 Å². The highest BCUT2D eigenvalue weighted by Gasteiger charge is 2.10. The lowest BCUT2D eigenvalue weighted by molar-refractivity contribution is 0.281. The third-order valence-corrected chi connectivity index (χ3v) is 1.79. The number of nitrogens with zero attached hydrogens (tertiary/aromatic N) is 2. The number of aliphatic hydroxyl groups is 1. The molecule has 0 bridgehead atoms. The zero-order valence-electron chi connectivity index (χ0n) is 8.90. The van der Waals surface area contributed by atoms with Gasteiger partial charge < -0.3 is 20.9 Å². The average molecular weight is 212 g/mol. The highest BCUT2D eigenvalue weighted by Crippen LogP contribution is 2.24. The fraction of sp³-hybridized carbons (Fsp3) is 0.556.